The molecule has 0 atom stereocenters. The van der Waals surface area contributed by atoms with Crippen molar-refractivity contribution in [3.8, 4) is 0 Å². The molecule has 0 heterocycles. The molecular weight excluding hydrogens is 220 g/mol. The summed E-state index contributed by atoms with van der Waals surface area (Å²) in [6, 6.07) is 0. The Morgan fingerprint density at radius 1 is 1.11 bits per heavy atom. The Morgan fingerprint density at radius 2 is 1.72 bits per heavy atom. The van der Waals surface area contributed by atoms with Crippen LogP contribution in [0.25, 0.3) is 0 Å². The molecule has 0 spiro atoms. The van der Waals surface area contributed by atoms with Gasteiger partial charge in [0.25, 0.3) is 0 Å². The molecule has 0 aromatic carbocycles. The van der Waals surface area contributed by atoms with Crippen LogP contribution in [0, 0.1) is 0 Å². The first-order chi connectivity index (χ1) is 8.67. The van der Waals surface area contributed by atoms with E-state index in [-0.39, 0.29) is 0 Å². The predicted octanol–water partition coefficient (Wildman–Crippen LogP) is 5.59. The molecule has 18 heavy (non-hydrogen) atoms. The van der Waals surface area contributed by atoms with Gasteiger partial charge in [-0.25, -0.2) is 0 Å². The van der Waals surface area contributed by atoms with Gasteiger partial charge in [0.05, 0.1) is 0 Å². The molecule has 0 aromatic rings. The Hall–Kier alpha value is -1.50. The van der Waals surface area contributed by atoms with Crippen molar-refractivity contribution < 1.29 is 4.74 Å². The van der Waals surface area contributed by atoms with E-state index in [4.69, 9.17) is 4.74 Å². The van der Waals surface area contributed by atoms with E-state index in [1.54, 1.807) is 6.08 Å². The van der Waals surface area contributed by atoms with Crippen LogP contribution in [0.5, 0.6) is 0 Å². The van der Waals surface area contributed by atoms with Crippen molar-refractivity contribution in [2.75, 3.05) is 6.61 Å². The SMILES string of the molecule is C=C/C(=C\C(C)=C/C)OCC(/C=C\C)=C/C.CC. The Morgan fingerprint density at radius 3 is 2.11 bits per heavy atom. The van der Waals surface area contributed by atoms with Gasteiger partial charge in [0.1, 0.15) is 12.4 Å². The van der Waals surface area contributed by atoms with E-state index < -0.39 is 0 Å². The lowest BCUT2D eigenvalue weighted by Crippen LogP contribution is -1.95. The van der Waals surface area contributed by atoms with E-state index in [2.05, 4.69) is 6.58 Å². The van der Waals surface area contributed by atoms with Crippen LogP contribution >= 0.6 is 0 Å². The highest BCUT2D eigenvalue weighted by atomic mass is 16.5. The molecule has 0 aliphatic carbocycles. The fraction of sp³-hybridized carbons (Fsp3) is 0.412. The zero-order valence-corrected chi connectivity index (χ0v) is 12.8. The van der Waals surface area contributed by atoms with E-state index in [1.165, 1.54) is 5.57 Å². The number of rotatable bonds is 6. The molecule has 0 radical (unpaired) electrons. The van der Waals surface area contributed by atoms with Crippen molar-refractivity contribution in [3.63, 3.8) is 0 Å². The lowest BCUT2D eigenvalue weighted by Gasteiger charge is -2.07. The Kier molecular flexibility index (Phi) is 14.2. The second kappa shape index (κ2) is 13.6. The van der Waals surface area contributed by atoms with E-state index in [0.29, 0.717) is 6.61 Å². The van der Waals surface area contributed by atoms with Crippen molar-refractivity contribution >= 4 is 0 Å². The normalized spacial score (nSPS) is 13.1. The third-order valence-corrected chi connectivity index (χ3v) is 2.18. The number of allylic oxidation sites excluding steroid dienone is 6. The third kappa shape index (κ3) is 9.71. The summed E-state index contributed by atoms with van der Waals surface area (Å²) >= 11 is 0. The van der Waals surface area contributed by atoms with Gasteiger partial charge in [-0.15, -0.1) is 0 Å². The molecule has 0 amide bonds. The van der Waals surface area contributed by atoms with Gasteiger partial charge in [-0.2, -0.15) is 0 Å². The third-order valence-electron chi connectivity index (χ3n) is 2.18. The molecule has 0 saturated heterocycles. The predicted molar refractivity (Wildman–Crippen MR) is 83.6 cm³/mol. The Bertz CT molecular complexity index is 328. The fourth-order valence-corrected chi connectivity index (χ4v) is 1.08. The average Bonchev–Trinajstić information content (AvgIpc) is 2.43. The summed E-state index contributed by atoms with van der Waals surface area (Å²) in [4.78, 5) is 0. The summed E-state index contributed by atoms with van der Waals surface area (Å²) in [6.45, 7) is 16.4. The van der Waals surface area contributed by atoms with Gasteiger partial charge < -0.3 is 4.74 Å². The van der Waals surface area contributed by atoms with Gasteiger partial charge in [0, 0.05) is 0 Å². The van der Waals surface area contributed by atoms with Gasteiger partial charge in [-0.1, -0.05) is 50.3 Å². The van der Waals surface area contributed by atoms with Crippen molar-refractivity contribution in [2.45, 2.75) is 41.5 Å². The van der Waals surface area contributed by atoms with Gasteiger partial charge in [0.2, 0.25) is 0 Å². The second-order valence-electron chi connectivity index (χ2n) is 3.44. The molecule has 0 unspecified atom stereocenters. The molecule has 0 fully saturated rings. The van der Waals surface area contributed by atoms with Crippen LogP contribution in [0.15, 0.2) is 59.9 Å². The molecule has 1 heteroatoms. The molecule has 0 aliphatic rings. The second-order valence-corrected chi connectivity index (χ2v) is 3.44. The van der Waals surface area contributed by atoms with E-state index >= 15 is 0 Å². The van der Waals surface area contributed by atoms with Crippen LogP contribution in [-0.2, 0) is 4.74 Å². The van der Waals surface area contributed by atoms with Gasteiger partial charge in [0.15, 0.2) is 0 Å². The minimum atomic E-state index is 0.579. The number of hydrogen-bond donors (Lipinski definition) is 0. The molecule has 0 saturated carbocycles. The van der Waals surface area contributed by atoms with Gasteiger partial charge >= 0.3 is 0 Å². The summed E-state index contributed by atoms with van der Waals surface area (Å²) < 4.78 is 5.65. The smallest absolute Gasteiger partial charge is 0.119 e. The zero-order chi connectivity index (χ0) is 14.4. The molecule has 0 bridgehead atoms. The van der Waals surface area contributed by atoms with E-state index in [9.17, 15) is 0 Å². The molecule has 102 valence electrons. The van der Waals surface area contributed by atoms with Crippen LogP contribution in [0.4, 0.5) is 0 Å². The lowest BCUT2D eigenvalue weighted by atomic mass is 10.2. The lowest BCUT2D eigenvalue weighted by molar-refractivity contribution is 0.255. The number of hydrogen-bond acceptors (Lipinski definition) is 1. The first kappa shape index (κ1) is 18.9. The van der Waals surface area contributed by atoms with Crippen molar-refractivity contribution in [1.29, 1.82) is 0 Å². The van der Waals surface area contributed by atoms with Crippen LogP contribution in [0.3, 0.4) is 0 Å². The van der Waals surface area contributed by atoms with Crippen molar-refractivity contribution in [1.82, 2.24) is 0 Å². The monoisotopic (exact) mass is 248 g/mol. The minimum absolute atomic E-state index is 0.579. The number of ether oxygens (including phenoxy) is 1. The summed E-state index contributed by atoms with van der Waals surface area (Å²) in [5.74, 6) is 0.805. The maximum Gasteiger partial charge on any atom is 0.119 e. The highest BCUT2D eigenvalue weighted by molar-refractivity contribution is 5.25. The maximum atomic E-state index is 5.65. The molecule has 1 nitrogen and oxygen atoms in total. The van der Waals surface area contributed by atoms with Crippen LogP contribution in [-0.4, -0.2) is 6.61 Å². The summed E-state index contributed by atoms with van der Waals surface area (Å²) in [6.07, 6.45) is 11.8. The fourth-order valence-electron chi connectivity index (χ4n) is 1.08. The zero-order valence-electron chi connectivity index (χ0n) is 12.8. The Labute approximate surface area is 113 Å². The molecule has 0 N–H and O–H groups in total. The highest BCUT2D eigenvalue weighted by Crippen LogP contribution is 2.08. The standard InChI is InChI=1S/C15H22O.C2H6/c1-6-10-14(8-3)12-16-15(9-4)11-13(5)7-2;1-2/h6-11H,4,12H2,1-3,5H3;1-2H3/b10-6-,13-7-,14-8+,15-11+;. The molecule has 0 aromatic heterocycles. The average molecular weight is 248 g/mol. The molecular formula is C17H28O. The van der Waals surface area contributed by atoms with Crippen LogP contribution in [0.2, 0.25) is 0 Å². The van der Waals surface area contributed by atoms with Crippen molar-refractivity contribution in [2.24, 2.45) is 0 Å². The quantitative estimate of drug-likeness (QED) is 0.440. The largest absolute Gasteiger partial charge is 0.489 e. The maximum absolute atomic E-state index is 5.65. The first-order valence-corrected chi connectivity index (χ1v) is 6.55. The molecule has 0 rings (SSSR count). The van der Waals surface area contributed by atoms with Gasteiger partial charge in [-0.3, -0.25) is 0 Å². The first-order valence-electron chi connectivity index (χ1n) is 6.55. The van der Waals surface area contributed by atoms with E-state index in [1.807, 2.05) is 71.9 Å². The van der Waals surface area contributed by atoms with E-state index in [0.717, 1.165) is 11.3 Å². The van der Waals surface area contributed by atoms with Crippen molar-refractivity contribution in [3.05, 3.63) is 59.9 Å². The summed E-state index contributed by atoms with van der Waals surface area (Å²) in [5, 5.41) is 0. The summed E-state index contributed by atoms with van der Waals surface area (Å²) in [5.41, 5.74) is 2.33. The minimum Gasteiger partial charge on any atom is -0.489 e. The Balaban J connectivity index is 0. The van der Waals surface area contributed by atoms with Gasteiger partial charge in [-0.05, 0) is 45.4 Å². The molecule has 0 aliphatic heterocycles. The van der Waals surface area contributed by atoms with Crippen LogP contribution < -0.4 is 0 Å². The highest BCUT2D eigenvalue weighted by Gasteiger charge is 1.95. The van der Waals surface area contributed by atoms with Crippen LogP contribution in [0.1, 0.15) is 41.5 Å². The summed E-state index contributed by atoms with van der Waals surface area (Å²) in [7, 11) is 0. The topological polar surface area (TPSA) is 9.23 Å².